The van der Waals surface area contributed by atoms with Gasteiger partial charge in [-0.25, -0.2) is 13.1 Å². The number of sulfonamides is 1. The number of rotatable bonds is 8. The van der Waals surface area contributed by atoms with Crippen LogP contribution in [0.2, 0.25) is 0 Å². The Balaban J connectivity index is 1.36. The van der Waals surface area contributed by atoms with E-state index in [2.05, 4.69) is 15.2 Å². The predicted molar refractivity (Wildman–Crippen MR) is 128 cm³/mol. The van der Waals surface area contributed by atoms with Crippen LogP contribution in [0.25, 0.3) is 11.0 Å². The molecule has 4 rings (SSSR count). The zero-order valence-electron chi connectivity index (χ0n) is 18.5. The Morgan fingerprint density at radius 1 is 0.970 bits per heavy atom. The minimum atomic E-state index is -3.63. The zero-order chi connectivity index (χ0) is 23.4. The van der Waals surface area contributed by atoms with E-state index in [0.29, 0.717) is 29.9 Å². The lowest BCUT2D eigenvalue weighted by atomic mass is 10.1. The van der Waals surface area contributed by atoms with Crippen molar-refractivity contribution in [3.8, 4) is 0 Å². The summed E-state index contributed by atoms with van der Waals surface area (Å²) in [6.45, 7) is 4.29. The molecule has 2 N–H and O–H groups in total. The number of benzene rings is 3. The highest BCUT2D eigenvalue weighted by molar-refractivity contribution is 7.89. The van der Waals surface area contributed by atoms with Crippen molar-refractivity contribution in [2.75, 3.05) is 11.9 Å². The van der Waals surface area contributed by atoms with E-state index >= 15 is 0 Å². The maximum atomic E-state index is 12.5. The van der Waals surface area contributed by atoms with E-state index in [4.69, 9.17) is 4.52 Å². The number of aromatic nitrogens is 1. The van der Waals surface area contributed by atoms with Crippen molar-refractivity contribution >= 4 is 32.6 Å². The van der Waals surface area contributed by atoms with Gasteiger partial charge in [0.2, 0.25) is 15.9 Å². The molecule has 1 heterocycles. The fourth-order valence-corrected chi connectivity index (χ4v) is 4.54. The van der Waals surface area contributed by atoms with Gasteiger partial charge in [0.25, 0.3) is 0 Å². The molecule has 4 aromatic rings. The maximum absolute atomic E-state index is 12.5. The summed E-state index contributed by atoms with van der Waals surface area (Å²) < 4.78 is 33.0. The quantitative estimate of drug-likeness (QED) is 0.409. The van der Waals surface area contributed by atoms with E-state index in [1.54, 1.807) is 12.1 Å². The van der Waals surface area contributed by atoms with Crippen molar-refractivity contribution in [2.24, 2.45) is 0 Å². The van der Waals surface area contributed by atoms with E-state index in [-0.39, 0.29) is 17.2 Å². The highest BCUT2D eigenvalue weighted by Gasteiger charge is 2.16. The monoisotopic (exact) mass is 463 g/mol. The molecule has 0 saturated carbocycles. The summed E-state index contributed by atoms with van der Waals surface area (Å²) in [6, 6.07) is 19.6. The fraction of sp³-hybridized carbons (Fsp3) is 0.200. The van der Waals surface area contributed by atoms with Crippen molar-refractivity contribution in [1.82, 2.24) is 9.88 Å². The number of carbonyl (C=O) groups is 1. The van der Waals surface area contributed by atoms with Crippen molar-refractivity contribution in [2.45, 2.75) is 31.6 Å². The Kier molecular flexibility index (Phi) is 6.57. The summed E-state index contributed by atoms with van der Waals surface area (Å²) in [5.41, 5.74) is 4.97. The van der Waals surface area contributed by atoms with Gasteiger partial charge < -0.3 is 9.84 Å². The molecule has 0 atom stereocenters. The number of aryl methyl sites for hydroxylation is 2. The Labute approximate surface area is 192 Å². The Hall–Kier alpha value is -3.49. The van der Waals surface area contributed by atoms with Gasteiger partial charge in [0, 0.05) is 17.6 Å². The van der Waals surface area contributed by atoms with Gasteiger partial charge in [-0.2, -0.15) is 0 Å². The number of hydrogen-bond acceptors (Lipinski definition) is 5. The van der Waals surface area contributed by atoms with Crippen molar-refractivity contribution < 1.29 is 17.7 Å². The van der Waals surface area contributed by atoms with Crippen LogP contribution in [0, 0.1) is 13.8 Å². The molecule has 170 valence electrons. The average Bonchev–Trinajstić information content (AvgIpc) is 3.16. The number of hydrogen-bond donors (Lipinski definition) is 2. The van der Waals surface area contributed by atoms with Crippen molar-refractivity contribution in [1.29, 1.82) is 0 Å². The van der Waals surface area contributed by atoms with Crippen LogP contribution < -0.4 is 10.0 Å². The molecule has 8 heteroatoms. The normalized spacial score (nSPS) is 11.6. The number of anilines is 1. The van der Waals surface area contributed by atoms with Crippen LogP contribution in [-0.4, -0.2) is 26.0 Å². The predicted octanol–water partition coefficient (Wildman–Crippen LogP) is 4.15. The second-order valence-corrected chi connectivity index (χ2v) is 9.71. The molecule has 0 radical (unpaired) electrons. The van der Waals surface area contributed by atoms with Gasteiger partial charge in [-0.3, -0.25) is 4.79 Å². The third-order valence-electron chi connectivity index (χ3n) is 5.49. The number of carbonyl (C=O) groups excluding carboxylic acids is 1. The summed E-state index contributed by atoms with van der Waals surface area (Å²) in [5.74, 6) is -0.264. The van der Waals surface area contributed by atoms with Crippen LogP contribution in [0.1, 0.15) is 22.4 Å². The molecule has 1 aromatic heterocycles. The summed E-state index contributed by atoms with van der Waals surface area (Å²) >= 11 is 0. The van der Waals surface area contributed by atoms with E-state index in [1.807, 2.05) is 56.3 Å². The molecule has 0 unspecified atom stereocenters. The van der Waals surface area contributed by atoms with Crippen LogP contribution in [0.15, 0.2) is 76.1 Å². The van der Waals surface area contributed by atoms with Gasteiger partial charge in [0.05, 0.1) is 11.3 Å². The lowest BCUT2D eigenvalue weighted by Gasteiger charge is -2.09. The third kappa shape index (κ3) is 5.47. The van der Waals surface area contributed by atoms with Gasteiger partial charge in [-0.15, -0.1) is 0 Å². The van der Waals surface area contributed by atoms with Gasteiger partial charge in [0.1, 0.15) is 5.69 Å². The molecule has 0 bridgehead atoms. The molecule has 0 spiro atoms. The maximum Gasteiger partial charge on any atom is 0.240 e. The van der Waals surface area contributed by atoms with Crippen LogP contribution in [-0.2, 0) is 27.7 Å². The van der Waals surface area contributed by atoms with Gasteiger partial charge in [-0.1, -0.05) is 35.5 Å². The Morgan fingerprint density at radius 2 is 1.67 bits per heavy atom. The highest BCUT2D eigenvalue weighted by Crippen LogP contribution is 2.23. The van der Waals surface area contributed by atoms with Gasteiger partial charge in [0.15, 0.2) is 5.58 Å². The zero-order valence-corrected chi connectivity index (χ0v) is 19.3. The smallest absolute Gasteiger partial charge is 0.240 e. The molecule has 3 aromatic carbocycles. The first-order valence-corrected chi connectivity index (χ1v) is 12.1. The SMILES string of the molecule is Cc1cc2onc(CC(=O)Nc3ccc(S(=O)(=O)NCCc4ccccc4)cc3)c2cc1C. The summed E-state index contributed by atoms with van der Waals surface area (Å²) in [6.07, 6.45) is 0.653. The van der Waals surface area contributed by atoms with Crippen LogP contribution in [0.3, 0.4) is 0 Å². The molecule has 0 fully saturated rings. The van der Waals surface area contributed by atoms with Crippen molar-refractivity contribution in [3.63, 3.8) is 0 Å². The van der Waals surface area contributed by atoms with Gasteiger partial charge in [-0.05, 0) is 73.4 Å². The number of amides is 1. The molecule has 33 heavy (non-hydrogen) atoms. The van der Waals surface area contributed by atoms with E-state index < -0.39 is 10.0 Å². The molecule has 1 amide bonds. The molecular formula is C25H25N3O4S. The first-order chi connectivity index (χ1) is 15.8. The van der Waals surface area contributed by atoms with Gasteiger partial charge >= 0.3 is 0 Å². The molecule has 0 aliphatic carbocycles. The highest BCUT2D eigenvalue weighted by atomic mass is 32.2. The average molecular weight is 464 g/mol. The molecule has 0 saturated heterocycles. The number of nitrogens with one attached hydrogen (secondary N) is 2. The van der Waals surface area contributed by atoms with Crippen LogP contribution in [0.4, 0.5) is 5.69 Å². The molecule has 7 nitrogen and oxygen atoms in total. The standard InChI is InChI=1S/C25H25N3O4S/c1-17-14-22-23(28-32-24(22)15-18(17)2)16-25(29)27-20-8-10-21(11-9-20)33(30,31)26-13-12-19-6-4-3-5-7-19/h3-11,14-15,26H,12-13,16H2,1-2H3,(H,27,29). The molecule has 0 aliphatic heterocycles. The van der Waals surface area contributed by atoms with Crippen LogP contribution in [0.5, 0.6) is 0 Å². The van der Waals surface area contributed by atoms with Crippen LogP contribution >= 0.6 is 0 Å². The first-order valence-electron chi connectivity index (χ1n) is 10.6. The van der Waals surface area contributed by atoms with E-state index in [0.717, 1.165) is 22.1 Å². The second kappa shape index (κ2) is 9.56. The third-order valence-corrected chi connectivity index (χ3v) is 6.96. The first kappa shape index (κ1) is 22.7. The van der Waals surface area contributed by atoms with Crippen molar-refractivity contribution in [3.05, 3.63) is 89.1 Å². The summed E-state index contributed by atoms with van der Waals surface area (Å²) in [5, 5.41) is 7.63. The number of fused-ring (bicyclic) bond motifs is 1. The fourth-order valence-electron chi connectivity index (χ4n) is 3.50. The van der Waals surface area contributed by atoms with E-state index in [9.17, 15) is 13.2 Å². The second-order valence-electron chi connectivity index (χ2n) is 7.94. The summed E-state index contributed by atoms with van der Waals surface area (Å²) in [4.78, 5) is 12.7. The minimum Gasteiger partial charge on any atom is -0.356 e. The lowest BCUT2D eigenvalue weighted by molar-refractivity contribution is -0.115. The largest absolute Gasteiger partial charge is 0.356 e. The van der Waals surface area contributed by atoms with E-state index in [1.165, 1.54) is 12.1 Å². The molecular weight excluding hydrogens is 438 g/mol. The summed E-state index contributed by atoms with van der Waals surface area (Å²) in [7, 11) is -3.63. The topological polar surface area (TPSA) is 101 Å². The Bertz CT molecular complexity index is 1380. The number of nitrogens with zero attached hydrogens (tertiary/aromatic N) is 1. The Morgan fingerprint density at radius 3 is 2.39 bits per heavy atom. The lowest BCUT2D eigenvalue weighted by Crippen LogP contribution is -2.26. The minimum absolute atomic E-state index is 0.0522. The molecule has 0 aliphatic rings.